The van der Waals surface area contributed by atoms with E-state index < -0.39 is 0 Å². The van der Waals surface area contributed by atoms with Crippen LogP contribution in [-0.2, 0) is 6.54 Å². The van der Waals surface area contributed by atoms with Crippen molar-refractivity contribution in [1.82, 2.24) is 9.97 Å². The van der Waals surface area contributed by atoms with Crippen molar-refractivity contribution in [2.24, 2.45) is 0 Å². The molecule has 3 rings (SSSR count). The molecular weight excluding hydrogens is 341 g/mol. The number of hydrogen-bond donors (Lipinski definition) is 1. The van der Waals surface area contributed by atoms with Gasteiger partial charge in [0.25, 0.3) is 0 Å². The third-order valence-electron chi connectivity index (χ3n) is 3.38. The van der Waals surface area contributed by atoms with E-state index >= 15 is 0 Å². The van der Waals surface area contributed by atoms with Crippen LogP contribution in [-0.4, -0.2) is 32.0 Å². The molecule has 2 aromatic carbocycles. The minimum absolute atomic E-state index is 0.278. The molecular formula is C17H17N3OSe. The van der Waals surface area contributed by atoms with Gasteiger partial charge in [0.2, 0.25) is 0 Å². The Morgan fingerprint density at radius 3 is 2.55 bits per heavy atom. The van der Waals surface area contributed by atoms with Crippen LogP contribution in [0.5, 0.6) is 5.75 Å². The van der Waals surface area contributed by atoms with Crippen LogP contribution >= 0.6 is 0 Å². The van der Waals surface area contributed by atoms with E-state index in [-0.39, 0.29) is 15.0 Å². The summed E-state index contributed by atoms with van der Waals surface area (Å²) in [7, 11) is 1.67. The Kier molecular flexibility index (Phi) is 4.56. The van der Waals surface area contributed by atoms with E-state index in [1.165, 1.54) is 5.56 Å². The number of fused-ring (bicyclic) bond motifs is 1. The van der Waals surface area contributed by atoms with E-state index in [2.05, 4.69) is 39.3 Å². The molecule has 0 fully saturated rings. The summed E-state index contributed by atoms with van der Waals surface area (Å²) in [4.78, 5) is 9.24. The molecule has 0 aliphatic carbocycles. The molecule has 0 amide bonds. The number of benzene rings is 2. The van der Waals surface area contributed by atoms with E-state index in [4.69, 9.17) is 4.74 Å². The molecule has 0 atom stereocenters. The zero-order valence-electron chi connectivity index (χ0n) is 12.5. The Morgan fingerprint density at radius 1 is 1.05 bits per heavy atom. The van der Waals surface area contributed by atoms with Gasteiger partial charge in [0, 0.05) is 0 Å². The molecule has 0 unspecified atom stereocenters. The van der Waals surface area contributed by atoms with Crippen LogP contribution in [0.15, 0.2) is 48.5 Å². The van der Waals surface area contributed by atoms with Gasteiger partial charge in [-0.1, -0.05) is 0 Å². The second-order valence-electron chi connectivity index (χ2n) is 4.78. The Labute approximate surface area is 136 Å². The fourth-order valence-corrected chi connectivity index (χ4v) is 2.99. The summed E-state index contributed by atoms with van der Waals surface area (Å²) in [6.45, 7) is 0.723. The van der Waals surface area contributed by atoms with Gasteiger partial charge < -0.3 is 0 Å². The first-order valence-corrected chi connectivity index (χ1v) is 9.54. The summed E-state index contributed by atoms with van der Waals surface area (Å²) in [6, 6.07) is 16.2. The Bertz CT molecular complexity index is 774. The second-order valence-corrected chi connectivity index (χ2v) is 6.40. The van der Waals surface area contributed by atoms with E-state index in [1.807, 2.05) is 30.3 Å². The third kappa shape index (κ3) is 3.21. The Hall–Kier alpha value is -2.10. The maximum atomic E-state index is 5.18. The molecule has 1 aromatic heterocycles. The maximum absolute atomic E-state index is 5.18. The summed E-state index contributed by atoms with van der Waals surface area (Å²) >= 11 is 0.278. The van der Waals surface area contributed by atoms with Gasteiger partial charge in [-0.25, -0.2) is 0 Å². The predicted molar refractivity (Wildman–Crippen MR) is 91.1 cm³/mol. The van der Waals surface area contributed by atoms with Crippen LogP contribution in [0.2, 0.25) is 5.82 Å². The first kappa shape index (κ1) is 14.8. The normalized spacial score (nSPS) is 10.6. The molecule has 5 heteroatoms. The molecule has 0 radical (unpaired) electrons. The van der Waals surface area contributed by atoms with Crippen LogP contribution in [0, 0.1) is 0 Å². The standard InChI is InChI=1S/C17H17N3OSe/c1-21-13-9-7-12(8-10-13)11-18-16-14-5-3-4-6-15(14)19-17(20-16)22-2/h3-10H,11H2,1-2H3,(H,18,19,20). The first-order valence-electron chi connectivity index (χ1n) is 6.97. The van der Waals surface area contributed by atoms with Crippen molar-refractivity contribution in [2.75, 3.05) is 12.4 Å². The number of anilines is 1. The average molecular weight is 358 g/mol. The zero-order valence-corrected chi connectivity index (χ0v) is 14.2. The molecule has 0 aliphatic rings. The van der Waals surface area contributed by atoms with Crippen LogP contribution in [0.4, 0.5) is 5.82 Å². The van der Waals surface area contributed by atoms with Crippen LogP contribution in [0.1, 0.15) is 5.56 Å². The SMILES string of the molecule is COc1ccc(CNc2nc([Se]C)nc3ccccc23)cc1. The van der Waals surface area contributed by atoms with Crippen LogP contribution in [0.25, 0.3) is 10.9 Å². The minimum atomic E-state index is 0.278. The van der Waals surface area contributed by atoms with Gasteiger partial charge in [-0.2, -0.15) is 0 Å². The monoisotopic (exact) mass is 359 g/mol. The van der Waals surface area contributed by atoms with E-state index in [0.29, 0.717) is 0 Å². The molecule has 0 aliphatic heterocycles. The van der Waals surface area contributed by atoms with Crippen LogP contribution in [0.3, 0.4) is 0 Å². The molecule has 4 nitrogen and oxygen atoms in total. The van der Waals surface area contributed by atoms with Gasteiger partial charge >= 0.3 is 136 Å². The van der Waals surface area contributed by atoms with Crippen molar-refractivity contribution in [1.29, 1.82) is 0 Å². The number of hydrogen-bond acceptors (Lipinski definition) is 4. The summed E-state index contributed by atoms with van der Waals surface area (Å²) in [6.07, 6.45) is 0. The van der Waals surface area contributed by atoms with Crippen molar-refractivity contribution in [3.63, 3.8) is 0 Å². The number of nitrogens with zero attached hydrogens (tertiary/aromatic N) is 2. The van der Waals surface area contributed by atoms with Gasteiger partial charge in [-0.05, 0) is 0 Å². The van der Waals surface area contributed by atoms with E-state index in [9.17, 15) is 0 Å². The molecule has 0 spiro atoms. The van der Waals surface area contributed by atoms with Crippen LogP contribution < -0.4 is 14.8 Å². The fraction of sp³-hybridized carbons (Fsp3) is 0.176. The number of rotatable bonds is 5. The summed E-state index contributed by atoms with van der Waals surface area (Å²) in [5.41, 5.74) is 2.18. The molecule has 0 bridgehead atoms. The fourth-order valence-electron chi connectivity index (χ4n) is 2.21. The molecule has 3 aromatic rings. The summed E-state index contributed by atoms with van der Waals surface area (Å²) in [5, 5.41) is 4.49. The number of nitrogens with one attached hydrogen (secondary N) is 1. The van der Waals surface area contributed by atoms with E-state index in [1.54, 1.807) is 7.11 Å². The summed E-state index contributed by atoms with van der Waals surface area (Å²) < 4.78 is 6.10. The molecule has 22 heavy (non-hydrogen) atoms. The van der Waals surface area contributed by atoms with Gasteiger partial charge in [0.05, 0.1) is 0 Å². The van der Waals surface area contributed by atoms with Crippen molar-refractivity contribution < 1.29 is 4.74 Å². The van der Waals surface area contributed by atoms with Gasteiger partial charge in [0.1, 0.15) is 0 Å². The molecule has 0 saturated heterocycles. The van der Waals surface area contributed by atoms with Crippen molar-refractivity contribution >= 4 is 36.4 Å². The van der Waals surface area contributed by atoms with Crippen molar-refractivity contribution in [3.05, 3.63) is 54.1 Å². The molecule has 112 valence electrons. The predicted octanol–water partition coefficient (Wildman–Crippen LogP) is 2.63. The second kappa shape index (κ2) is 6.77. The summed E-state index contributed by atoms with van der Waals surface area (Å²) in [5.74, 6) is 3.90. The van der Waals surface area contributed by atoms with Gasteiger partial charge in [0.15, 0.2) is 0 Å². The Balaban J connectivity index is 1.86. The molecule has 1 heterocycles. The third-order valence-corrected chi connectivity index (χ3v) is 4.53. The van der Waals surface area contributed by atoms with Crippen molar-refractivity contribution in [2.45, 2.75) is 12.4 Å². The van der Waals surface area contributed by atoms with Gasteiger partial charge in [-0.15, -0.1) is 0 Å². The Morgan fingerprint density at radius 2 is 1.82 bits per heavy atom. The molecule has 1 N–H and O–H groups in total. The van der Waals surface area contributed by atoms with E-state index in [0.717, 1.165) is 33.7 Å². The molecule has 0 saturated carbocycles. The number of ether oxygens (including phenoxy) is 1. The zero-order chi connectivity index (χ0) is 15.4. The number of methoxy groups -OCH3 is 1. The average Bonchev–Trinajstić information content (AvgIpc) is 2.59. The quantitative estimate of drug-likeness (QED) is 0.713. The van der Waals surface area contributed by atoms with Crippen molar-refractivity contribution in [3.8, 4) is 5.75 Å². The number of para-hydroxylation sites is 1. The topological polar surface area (TPSA) is 47.0 Å². The number of aromatic nitrogens is 2. The van der Waals surface area contributed by atoms with Gasteiger partial charge in [-0.3, -0.25) is 0 Å². The first-order chi connectivity index (χ1) is 10.8.